The summed E-state index contributed by atoms with van der Waals surface area (Å²) < 4.78 is 5.03. The minimum atomic E-state index is -0.711. The summed E-state index contributed by atoms with van der Waals surface area (Å²) in [5, 5.41) is 12.0. The molecule has 0 aromatic heterocycles. The van der Waals surface area contributed by atoms with Gasteiger partial charge in [0.05, 0.1) is 12.2 Å². The molecule has 1 aliphatic rings. The zero-order valence-corrected chi connectivity index (χ0v) is 11.0. The summed E-state index contributed by atoms with van der Waals surface area (Å²) in [5.41, 5.74) is -0.711. The van der Waals surface area contributed by atoms with Crippen molar-refractivity contribution in [3.05, 3.63) is 0 Å². The molecule has 1 saturated carbocycles. The Morgan fingerprint density at radius 1 is 1.53 bits per heavy atom. The highest BCUT2D eigenvalue weighted by molar-refractivity contribution is 5.69. The second-order valence-corrected chi connectivity index (χ2v) is 5.12. The van der Waals surface area contributed by atoms with Crippen LogP contribution < -0.4 is 5.32 Å². The van der Waals surface area contributed by atoms with Crippen molar-refractivity contribution >= 4 is 6.09 Å². The molecule has 4 nitrogen and oxygen atoms in total. The summed E-state index contributed by atoms with van der Waals surface area (Å²) in [6.07, 6.45) is 4.00. The predicted octanol–water partition coefficient (Wildman–Crippen LogP) is 2.98. The van der Waals surface area contributed by atoms with Crippen LogP contribution in [-0.2, 0) is 4.74 Å². The van der Waals surface area contributed by atoms with Gasteiger partial charge in [0.1, 0.15) is 5.54 Å². The van der Waals surface area contributed by atoms with E-state index in [1.165, 1.54) is 0 Å². The van der Waals surface area contributed by atoms with E-state index in [1.807, 2.05) is 0 Å². The van der Waals surface area contributed by atoms with Crippen LogP contribution in [0.4, 0.5) is 4.79 Å². The fraction of sp³-hybridized carbons (Fsp3) is 0.846. The Labute approximate surface area is 103 Å². The fourth-order valence-electron chi connectivity index (χ4n) is 2.28. The molecular formula is C13H22N2O2. The van der Waals surface area contributed by atoms with Crippen LogP contribution >= 0.6 is 0 Å². The number of alkyl carbamates (subject to hydrolysis) is 1. The Kier molecular flexibility index (Phi) is 4.80. The maximum absolute atomic E-state index is 11.6. The molecule has 0 heterocycles. The second kappa shape index (κ2) is 5.90. The highest BCUT2D eigenvalue weighted by atomic mass is 16.6. The van der Waals surface area contributed by atoms with E-state index >= 15 is 0 Å². The van der Waals surface area contributed by atoms with Gasteiger partial charge < -0.3 is 10.1 Å². The Bertz CT molecular complexity index is 299. The van der Waals surface area contributed by atoms with Crippen molar-refractivity contribution in [3.8, 4) is 6.07 Å². The summed E-state index contributed by atoms with van der Waals surface area (Å²) in [7, 11) is 0. The van der Waals surface area contributed by atoms with E-state index in [-0.39, 0.29) is 6.10 Å². The van der Waals surface area contributed by atoms with Gasteiger partial charge in [-0.25, -0.2) is 4.79 Å². The molecule has 0 spiro atoms. The van der Waals surface area contributed by atoms with Crippen molar-refractivity contribution in [2.45, 2.75) is 64.5 Å². The standard InChI is InChI=1S/C13H22N2O2/c1-4-11-5-7-13(9-14,8-6-11)15-12(16)17-10(2)3/h10-11H,4-8H2,1-3H3,(H,15,16). The Balaban J connectivity index is 2.54. The number of hydrogen-bond acceptors (Lipinski definition) is 3. The molecule has 0 aromatic carbocycles. The highest BCUT2D eigenvalue weighted by Gasteiger charge is 2.36. The van der Waals surface area contributed by atoms with Crippen LogP contribution in [0.3, 0.4) is 0 Å². The minimum absolute atomic E-state index is 0.155. The molecule has 0 unspecified atom stereocenters. The molecule has 0 aliphatic heterocycles. The molecule has 96 valence electrons. The van der Waals surface area contributed by atoms with Crippen LogP contribution in [0.2, 0.25) is 0 Å². The van der Waals surface area contributed by atoms with Crippen molar-refractivity contribution in [2.75, 3.05) is 0 Å². The summed E-state index contributed by atoms with van der Waals surface area (Å²) in [4.78, 5) is 11.6. The number of hydrogen-bond donors (Lipinski definition) is 1. The third-order valence-electron chi connectivity index (χ3n) is 3.43. The van der Waals surface area contributed by atoms with Crippen molar-refractivity contribution in [3.63, 3.8) is 0 Å². The van der Waals surface area contributed by atoms with Crippen LogP contribution in [0.5, 0.6) is 0 Å². The molecule has 0 radical (unpaired) electrons. The zero-order valence-electron chi connectivity index (χ0n) is 11.0. The molecule has 1 rings (SSSR count). The van der Waals surface area contributed by atoms with Gasteiger partial charge in [0.2, 0.25) is 0 Å². The lowest BCUT2D eigenvalue weighted by molar-refractivity contribution is 0.102. The molecule has 1 aliphatic carbocycles. The first kappa shape index (κ1) is 13.8. The van der Waals surface area contributed by atoms with Crippen LogP contribution in [0, 0.1) is 17.2 Å². The molecular weight excluding hydrogens is 216 g/mol. The average molecular weight is 238 g/mol. The molecule has 17 heavy (non-hydrogen) atoms. The smallest absolute Gasteiger partial charge is 0.408 e. The Hall–Kier alpha value is -1.24. The monoisotopic (exact) mass is 238 g/mol. The van der Waals surface area contributed by atoms with Gasteiger partial charge in [0.15, 0.2) is 0 Å². The Morgan fingerprint density at radius 3 is 2.53 bits per heavy atom. The summed E-state index contributed by atoms with van der Waals surface area (Å²) in [6, 6.07) is 2.25. The number of carbonyl (C=O) groups is 1. The number of carbonyl (C=O) groups excluding carboxylic acids is 1. The summed E-state index contributed by atoms with van der Waals surface area (Å²) in [6.45, 7) is 5.77. The zero-order chi connectivity index (χ0) is 12.9. The van der Waals surface area contributed by atoms with Crippen molar-refractivity contribution in [2.24, 2.45) is 5.92 Å². The summed E-state index contributed by atoms with van der Waals surface area (Å²) >= 11 is 0. The van der Waals surface area contributed by atoms with E-state index in [0.29, 0.717) is 5.92 Å². The molecule has 0 saturated heterocycles. The van der Waals surface area contributed by atoms with Gasteiger partial charge in [-0.05, 0) is 45.4 Å². The van der Waals surface area contributed by atoms with E-state index in [0.717, 1.165) is 32.1 Å². The molecule has 4 heteroatoms. The van der Waals surface area contributed by atoms with Crippen LogP contribution in [0.25, 0.3) is 0 Å². The van der Waals surface area contributed by atoms with Gasteiger partial charge in [-0.3, -0.25) is 0 Å². The van der Waals surface area contributed by atoms with Gasteiger partial charge in [-0.2, -0.15) is 5.26 Å². The lowest BCUT2D eigenvalue weighted by Crippen LogP contribution is -2.50. The van der Waals surface area contributed by atoms with Crippen LogP contribution in [0.1, 0.15) is 52.9 Å². The highest BCUT2D eigenvalue weighted by Crippen LogP contribution is 2.33. The molecule has 1 amide bonds. The minimum Gasteiger partial charge on any atom is -0.447 e. The third kappa shape index (κ3) is 3.92. The van der Waals surface area contributed by atoms with Gasteiger partial charge in [-0.1, -0.05) is 13.3 Å². The normalized spacial score (nSPS) is 28.5. The topological polar surface area (TPSA) is 62.1 Å². The lowest BCUT2D eigenvalue weighted by atomic mass is 9.76. The number of ether oxygens (including phenoxy) is 1. The van der Waals surface area contributed by atoms with E-state index < -0.39 is 11.6 Å². The maximum atomic E-state index is 11.6. The second-order valence-electron chi connectivity index (χ2n) is 5.12. The van der Waals surface area contributed by atoms with Gasteiger partial charge >= 0.3 is 6.09 Å². The third-order valence-corrected chi connectivity index (χ3v) is 3.43. The Morgan fingerprint density at radius 2 is 2.12 bits per heavy atom. The van der Waals surface area contributed by atoms with E-state index in [4.69, 9.17) is 4.74 Å². The van der Waals surface area contributed by atoms with Crippen molar-refractivity contribution in [1.29, 1.82) is 5.26 Å². The first-order valence-corrected chi connectivity index (χ1v) is 6.41. The first-order chi connectivity index (χ1) is 8.01. The van der Waals surface area contributed by atoms with Gasteiger partial charge in [0.25, 0.3) is 0 Å². The summed E-state index contributed by atoms with van der Waals surface area (Å²) in [5.74, 6) is 0.694. The SMILES string of the molecule is CCC1CCC(C#N)(NC(=O)OC(C)C)CC1. The molecule has 1 N–H and O–H groups in total. The maximum Gasteiger partial charge on any atom is 0.408 e. The number of rotatable bonds is 3. The number of nitriles is 1. The number of nitrogens with one attached hydrogen (secondary N) is 1. The molecule has 0 aromatic rings. The van der Waals surface area contributed by atoms with E-state index in [1.54, 1.807) is 13.8 Å². The predicted molar refractivity (Wildman–Crippen MR) is 65.3 cm³/mol. The largest absolute Gasteiger partial charge is 0.447 e. The van der Waals surface area contributed by atoms with Gasteiger partial charge in [0, 0.05) is 0 Å². The van der Waals surface area contributed by atoms with E-state index in [9.17, 15) is 10.1 Å². The first-order valence-electron chi connectivity index (χ1n) is 6.41. The number of nitrogens with zero attached hydrogens (tertiary/aromatic N) is 1. The van der Waals surface area contributed by atoms with E-state index in [2.05, 4.69) is 18.3 Å². The lowest BCUT2D eigenvalue weighted by Gasteiger charge is -2.35. The quantitative estimate of drug-likeness (QED) is 0.822. The van der Waals surface area contributed by atoms with Crippen molar-refractivity contribution < 1.29 is 9.53 Å². The number of amides is 1. The fourth-order valence-corrected chi connectivity index (χ4v) is 2.28. The molecule has 0 atom stereocenters. The average Bonchev–Trinajstić information content (AvgIpc) is 2.29. The molecule has 0 bridgehead atoms. The van der Waals surface area contributed by atoms with Crippen molar-refractivity contribution in [1.82, 2.24) is 5.32 Å². The van der Waals surface area contributed by atoms with Crippen LogP contribution in [-0.4, -0.2) is 17.7 Å². The van der Waals surface area contributed by atoms with Gasteiger partial charge in [-0.15, -0.1) is 0 Å². The molecule has 1 fully saturated rings. The van der Waals surface area contributed by atoms with Crippen LogP contribution in [0.15, 0.2) is 0 Å².